The van der Waals surface area contributed by atoms with Gasteiger partial charge in [-0.1, -0.05) is 123 Å². The number of amides is 5. The lowest BCUT2D eigenvalue weighted by Crippen LogP contribution is -2.65. The van der Waals surface area contributed by atoms with Crippen LogP contribution in [0.3, 0.4) is 0 Å². The predicted molar refractivity (Wildman–Crippen MR) is 241 cm³/mol. The molecule has 63 heavy (non-hydrogen) atoms. The Kier molecular flexibility index (Phi) is 17.9. The van der Waals surface area contributed by atoms with Crippen LogP contribution in [0, 0.1) is 16.7 Å². The van der Waals surface area contributed by atoms with Crippen LogP contribution in [-0.4, -0.2) is 96.8 Å². The van der Waals surface area contributed by atoms with Gasteiger partial charge in [-0.2, -0.15) is 0 Å². The molecule has 16 nitrogen and oxygen atoms in total. The zero-order valence-electron chi connectivity index (χ0n) is 37.9. The molecule has 1 unspecified atom stereocenters. The first-order valence-electron chi connectivity index (χ1n) is 21.1. The third-order valence-corrected chi connectivity index (χ3v) is 11.5. The molecule has 0 bridgehead atoms. The summed E-state index contributed by atoms with van der Waals surface area (Å²) in [7, 11) is 1.26. The maximum Gasteiger partial charge on any atom is 0.308 e. The van der Waals surface area contributed by atoms with Crippen molar-refractivity contribution in [2.24, 2.45) is 21.7 Å². The maximum atomic E-state index is 14.8. The molecule has 0 aliphatic carbocycles. The van der Waals surface area contributed by atoms with Gasteiger partial charge < -0.3 is 41.4 Å². The van der Waals surface area contributed by atoms with E-state index in [-0.39, 0.29) is 31.4 Å². The van der Waals surface area contributed by atoms with E-state index in [0.29, 0.717) is 5.01 Å². The molecule has 342 valence electrons. The van der Waals surface area contributed by atoms with Gasteiger partial charge in [0.15, 0.2) is 0 Å². The average Bonchev–Trinajstić information content (AvgIpc) is 3.78. The Morgan fingerprint density at radius 3 is 2.08 bits per heavy atom. The number of carbonyl (C=O) groups is 6. The van der Waals surface area contributed by atoms with Gasteiger partial charge >= 0.3 is 5.97 Å². The lowest BCUT2D eigenvalue weighted by atomic mass is 9.82. The monoisotopic (exact) mass is 888 g/mol. The summed E-state index contributed by atoms with van der Waals surface area (Å²) in [6.07, 6.45) is 1.39. The number of nitrogens with zero attached hydrogens (tertiary/aromatic N) is 2. The number of amidine groups is 1. The second-order valence-corrected chi connectivity index (χ2v) is 19.1. The van der Waals surface area contributed by atoms with Gasteiger partial charge in [-0.15, -0.1) is 11.3 Å². The molecule has 2 heterocycles. The van der Waals surface area contributed by atoms with Gasteiger partial charge in [-0.05, 0) is 27.9 Å². The summed E-state index contributed by atoms with van der Waals surface area (Å²) in [4.78, 5) is 92.3. The molecule has 5 amide bonds. The number of ether oxygens (including phenoxy) is 2. The standard InChI is InChI=1S/C46H64N8O8S/c1-27(2)35-41(58)54-37(45(4,5)6)39(48-24-33(55)49-32(40(57)51-35)26-62-25-29-17-13-11-14-18-29)53-38(46(7,8)9)43(60)52-36(28(3)30-19-15-12-16-20-30)42(59)50-31(23-34(56)61-10)44-47-21-22-63-44/h11-22,27-28,31-32,35-38H,23-26H2,1-10H3,(H,48,53)(H,49,55)(H,50,59)(H,51,57)(H,52,60)(H,54,58)/t28-,31+,32-,35-,36?,37+,38+/m0/s1. The van der Waals surface area contributed by atoms with E-state index >= 15 is 0 Å². The first kappa shape index (κ1) is 50.0. The summed E-state index contributed by atoms with van der Waals surface area (Å²) in [5.41, 5.74) is 0.0709. The van der Waals surface area contributed by atoms with Crippen molar-refractivity contribution in [1.82, 2.24) is 36.9 Å². The predicted octanol–water partition coefficient (Wildman–Crippen LogP) is 3.94. The van der Waals surface area contributed by atoms with Gasteiger partial charge in [-0.25, -0.2) is 4.98 Å². The SMILES string of the molecule is COC(=O)C[C@@H](NC(=O)C(NC(=O)[C@@H](NC1=NCC(=O)N[C@@H](COCc2ccccc2)C(=O)N[C@@H](C(C)C)C(=O)N[C@H]1C(C)(C)C)C(C)(C)C)[C@@H](C)c1ccccc1)c1nccs1. The topological polar surface area (TPSA) is 218 Å². The third kappa shape index (κ3) is 14.7. The zero-order valence-corrected chi connectivity index (χ0v) is 38.8. The van der Waals surface area contributed by atoms with Crippen LogP contribution >= 0.6 is 11.3 Å². The van der Waals surface area contributed by atoms with Crippen molar-refractivity contribution in [2.75, 3.05) is 20.3 Å². The van der Waals surface area contributed by atoms with Crippen LogP contribution in [0.2, 0.25) is 0 Å². The largest absolute Gasteiger partial charge is 0.469 e. The van der Waals surface area contributed by atoms with Crippen molar-refractivity contribution in [3.63, 3.8) is 0 Å². The van der Waals surface area contributed by atoms with E-state index in [2.05, 4.69) is 36.9 Å². The summed E-state index contributed by atoms with van der Waals surface area (Å²) >= 11 is 1.27. The van der Waals surface area contributed by atoms with E-state index in [1.165, 1.54) is 18.4 Å². The summed E-state index contributed by atoms with van der Waals surface area (Å²) in [5.74, 6) is -4.11. The molecule has 0 fully saturated rings. The zero-order chi connectivity index (χ0) is 46.5. The number of rotatable bonds is 15. The van der Waals surface area contributed by atoms with Crippen LogP contribution in [0.5, 0.6) is 0 Å². The second-order valence-electron chi connectivity index (χ2n) is 18.2. The van der Waals surface area contributed by atoms with Crippen LogP contribution in [0.4, 0.5) is 0 Å². The molecule has 1 aliphatic heterocycles. The van der Waals surface area contributed by atoms with Crippen molar-refractivity contribution in [2.45, 2.75) is 118 Å². The number of nitrogens with one attached hydrogen (secondary N) is 6. The molecule has 3 aromatic rings. The van der Waals surface area contributed by atoms with E-state index in [4.69, 9.17) is 14.5 Å². The summed E-state index contributed by atoms with van der Waals surface area (Å²) < 4.78 is 10.8. The number of aliphatic imine (C=N–C) groups is 1. The van der Waals surface area contributed by atoms with Gasteiger partial charge in [0.25, 0.3) is 0 Å². The number of hydrogen-bond acceptors (Lipinski definition) is 12. The molecule has 0 spiro atoms. The van der Waals surface area contributed by atoms with Crippen LogP contribution in [0.15, 0.2) is 77.2 Å². The van der Waals surface area contributed by atoms with E-state index in [9.17, 15) is 28.8 Å². The molecular formula is C46H64N8O8S. The number of benzene rings is 2. The number of esters is 1. The summed E-state index contributed by atoms with van der Waals surface area (Å²) in [6, 6.07) is 12.5. The molecule has 2 aromatic carbocycles. The molecule has 17 heteroatoms. The van der Waals surface area contributed by atoms with Gasteiger partial charge in [0.05, 0.1) is 38.8 Å². The Bertz CT molecular complexity index is 2030. The average molecular weight is 889 g/mol. The third-order valence-electron chi connectivity index (χ3n) is 10.6. The molecule has 1 aromatic heterocycles. The molecule has 0 radical (unpaired) electrons. The molecule has 6 N–H and O–H groups in total. The molecule has 4 rings (SSSR count). The summed E-state index contributed by atoms with van der Waals surface area (Å²) in [6.45, 7) is 16.1. The highest BCUT2D eigenvalue weighted by molar-refractivity contribution is 7.09. The molecule has 0 saturated carbocycles. The first-order valence-corrected chi connectivity index (χ1v) is 22.0. The van der Waals surface area contributed by atoms with Crippen LogP contribution in [0.25, 0.3) is 0 Å². The van der Waals surface area contributed by atoms with E-state index in [1.807, 2.05) is 109 Å². The molecule has 7 atom stereocenters. The normalized spacial score (nSPS) is 19.6. The van der Waals surface area contributed by atoms with E-state index in [0.717, 1.165) is 11.1 Å². The highest BCUT2D eigenvalue weighted by atomic mass is 32.1. The fourth-order valence-corrected chi connectivity index (χ4v) is 7.62. The highest BCUT2D eigenvalue weighted by Gasteiger charge is 2.41. The van der Waals surface area contributed by atoms with Crippen molar-refractivity contribution in [3.05, 3.63) is 88.4 Å². The Labute approximate surface area is 374 Å². The minimum absolute atomic E-state index is 0.145. The van der Waals surface area contributed by atoms with Crippen molar-refractivity contribution < 1.29 is 38.2 Å². The van der Waals surface area contributed by atoms with Crippen LogP contribution in [-0.2, 0) is 44.8 Å². The number of methoxy groups -OCH3 is 1. The first-order chi connectivity index (χ1) is 29.7. The lowest BCUT2D eigenvalue weighted by Gasteiger charge is -2.39. The number of thiazole rings is 1. The lowest BCUT2D eigenvalue weighted by molar-refractivity contribution is -0.141. The van der Waals surface area contributed by atoms with Gasteiger partial charge in [0.2, 0.25) is 29.5 Å². The maximum absolute atomic E-state index is 14.8. The molecular weight excluding hydrogens is 825 g/mol. The minimum Gasteiger partial charge on any atom is -0.469 e. The Balaban J connectivity index is 1.71. The van der Waals surface area contributed by atoms with Crippen molar-refractivity contribution in [3.8, 4) is 0 Å². The van der Waals surface area contributed by atoms with E-state index in [1.54, 1.807) is 25.4 Å². The van der Waals surface area contributed by atoms with Crippen molar-refractivity contribution >= 4 is 52.7 Å². The molecule has 1 aliphatic rings. The second kappa shape index (κ2) is 22.6. The summed E-state index contributed by atoms with van der Waals surface area (Å²) in [5, 5.41) is 20.1. The fourth-order valence-electron chi connectivity index (χ4n) is 6.93. The fraction of sp³-hybridized carbons (Fsp3) is 0.522. The van der Waals surface area contributed by atoms with E-state index < -0.39 is 95.0 Å². The number of carbonyl (C=O) groups excluding carboxylic acids is 6. The Morgan fingerprint density at radius 1 is 0.857 bits per heavy atom. The Hall–Kier alpha value is -5.68. The Morgan fingerprint density at radius 2 is 1.51 bits per heavy atom. The highest BCUT2D eigenvalue weighted by Crippen LogP contribution is 2.27. The quantitative estimate of drug-likeness (QED) is 0.121. The van der Waals surface area contributed by atoms with Crippen LogP contribution in [0.1, 0.15) is 96.8 Å². The van der Waals surface area contributed by atoms with Gasteiger partial charge in [0.1, 0.15) is 41.6 Å². The number of hydrogen-bond donors (Lipinski definition) is 6. The van der Waals surface area contributed by atoms with Gasteiger partial charge in [-0.3, -0.25) is 33.8 Å². The number of aromatic nitrogens is 1. The minimum atomic E-state index is -1.15. The molecule has 0 saturated heterocycles. The van der Waals surface area contributed by atoms with Crippen LogP contribution < -0.4 is 31.9 Å². The van der Waals surface area contributed by atoms with Crippen molar-refractivity contribution in [1.29, 1.82) is 0 Å². The smallest absolute Gasteiger partial charge is 0.308 e. The van der Waals surface area contributed by atoms with Gasteiger partial charge in [0, 0.05) is 17.5 Å².